The van der Waals surface area contributed by atoms with Crippen molar-refractivity contribution < 1.29 is 48.3 Å². The first-order valence-corrected chi connectivity index (χ1v) is 25.5. The summed E-state index contributed by atoms with van der Waals surface area (Å²) in [6, 6.07) is 13.6. The first-order valence-electron chi connectivity index (χ1n) is 24.4. The van der Waals surface area contributed by atoms with E-state index in [0.717, 1.165) is 23.5 Å². The summed E-state index contributed by atoms with van der Waals surface area (Å²) in [5.74, 6) is -3.37. The number of piperidine rings is 1. The number of ketones is 1. The fourth-order valence-electron chi connectivity index (χ4n) is 9.15. The number of urea groups is 1. The van der Waals surface area contributed by atoms with Gasteiger partial charge >= 0.3 is 12.0 Å². The number of aromatic nitrogens is 4. The van der Waals surface area contributed by atoms with Gasteiger partial charge < -0.3 is 57.1 Å². The van der Waals surface area contributed by atoms with E-state index in [0.29, 0.717) is 60.5 Å². The van der Waals surface area contributed by atoms with Crippen LogP contribution in [-0.2, 0) is 46.5 Å². The smallest absolute Gasteiger partial charge is 0.322 e. The highest BCUT2D eigenvalue weighted by Crippen LogP contribution is 2.33. The zero-order valence-electron chi connectivity index (χ0n) is 40.3. The Hall–Kier alpha value is -7.63. The molecule has 2 aromatic heterocycles. The number of thioether (sulfide) groups is 1. The van der Waals surface area contributed by atoms with Gasteiger partial charge in [0.1, 0.15) is 37.0 Å². The number of imidazole rings is 1. The minimum Gasteiger partial charge on any atom is -0.480 e. The Labute approximate surface area is 424 Å². The van der Waals surface area contributed by atoms with E-state index in [1.165, 1.54) is 22.1 Å². The van der Waals surface area contributed by atoms with Crippen LogP contribution in [0.15, 0.2) is 67.3 Å². The molecule has 73 heavy (non-hydrogen) atoms. The van der Waals surface area contributed by atoms with Crippen LogP contribution < -0.4 is 37.6 Å². The molecule has 5 heterocycles. The number of carboxylic acid groups (broad SMARTS) is 1. The van der Waals surface area contributed by atoms with Crippen LogP contribution in [0.25, 0.3) is 11.2 Å². The van der Waals surface area contributed by atoms with Gasteiger partial charge in [-0.2, -0.15) is 11.8 Å². The Morgan fingerprint density at radius 3 is 2.40 bits per heavy atom. The molecule has 3 saturated heterocycles. The molecule has 0 radical (unpaired) electrons. The SMILES string of the molecule is Nc1ncnc2c1ncn2CC(=O)N(CCNC(=O)[C@H]1CCCCN1C(=O)[C@H](Cc1ccc(C(=O)c2ccccc2)cc1)NC(=O)CCCNC(=O)CCCC[C@@H]1SC[C@@H]2NC(=O)N[C@@H]21)CC(=O)NCC(=O)O. The summed E-state index contributed by atoms with van der Waals surface area (Å²) in [7, 11) is 0. The molecule has 7 rings (SSSR count). The molecule has 2 aromatic carbocycles. The third-order valence-corrected chi connectivity index (χ3v) is 14.4. The van der Waals surface area contributed by atoms with Crippen LogP contribution in [0, 0.1) is 0 Å². The zero-order chi connectivity index (χ0) is 51.9. The Morgan fingerprint density at radius 1 is 0.849 bits per heavy atom. The number of carbonyl (C=O) groups excluding carboxylic acids is 8. The molecule has 0 aliphatic carbocycles. The largest absolute Gasteiger partial charge is 0.480 e. The molecule has 3 fully saturated rings. The second-order valence-corrected chi connectivity index (χ2v) is 19.4. The van der Waals surface area contributed by atoms with Crippen LogP contribution in [-0.4, -0.2) is 162 Å². The van der Waals surface area contributed by atoms with Crippen LogP contribution in [0.5, 0.6) is 0 Å². The van der Waals surface area contributed by atoms with Crippen LogP contribution in [0.1, 0.15) is 79.3 Å². The van der Waals surface area contributed by atoms with Gasteiger partial charge in [-0.15, -0.1) is 0 Å². The van der Waals surface area contributed by atoms with Crippen molar-refractivity contribution in [1.29, 1.82) is 0 Å². The molecule has 0 bridgehead atoms. The lowest BCUT2D eigenvalue weighted by Gasteiger charge is -2.37. The van der Waals surface area contributed by atoms with Crippen molar-refractivity contribution in [3.05, 3.63) is 83.9 Å². The van der Waals surface area contributed by atoms with E-state index < -0.39 is 60.7 Å². The summed E-state index contributed by atoms with van der Waals surface area (Å²) in [6.45, 7) is -1.37. The van der Waals surface area contributed by atoms with Crippen molar-refractivity contribution in [3.8, 4) is 0 Å². The van der Waals surface area contributed by atoms with Crippen molar-refractivity contribution in [2.45, 2.75) is 100 Å². The average molecular weight is 1020 g/mol. The van der Waals surface area contributed by atoms with Gasteiger partial charge in [-0.1, -0.05) is 61.0 Å². The maximum absolute atomic E-state index is 14.6. The summed E-state index contributed by atoms with van der Waals surface area (Å²) < 4.78 is 1.42. The fraction of sp³-hybridized carbons (Fsp3) is 0.469. The highest BCUT2D eigenvalue weighted by molar-refractivity contribution is 8.00. The van der Waals surface area contributed by atoms with E-state index in [2.05, 4.69) is 46.9 Å². The number of unbranched alkanes of at least 4 members (excludes halogenated alkanes) is 1. The predicted molar refractivity (Wildman–Crippen MR) is 267 cm³/mol. The van der Waals surface area contributed by atoms with Crippen LogP contribution in [0.4, 0.5) is 10.6 Å². The number of nitrogens with two attached hydrogens (primary N) is 1. The summed E-state index contributed by atoms with van der Waals surface area (Å²) in [5, 5.41) is 26.1. The molecule has 388 valence electrons. The molecule has 0 spiro atoms. The van der Waals surface area contributed by atoms with E-state index in [9.17, 15) is 43.2 Å². The van der Waals surface area contributed by atoms with Gasteiger partial charge in [-0.3, -0.25) is 38.4 Å². The number of nitrogen functional groups attached to an aromatic ring is 1. The van der Waals surface area contributed by atoms with E-state index >= 15 is 0 Å². The number of aliphatic carboxylic acids is 1. The minimum atomic E-state index is -1.28. The van der Waals surface area contributed by atoms with Crippen molar-refractivity contribution in [1.82, 2.24) is 61.2 Å². The van der Waals surface area contributed by atoms with Gasteiger partial charge in [-0.05, 0) is 44.1 Å². The maximum atomic E-state index is 14.6. The first-order chi connectivity index (χ1) is 35.2. The highest BCUT2D eigenvalue weighted by atomic mass is 32.2. The molecule has 0 unspecified atom stereocenters. The lowest BCUT2D eigenvalue weighted by molar-refractivity contribution is -0.145. The average Bonchev–Trinajstić information content (AvgIpc) is 4.10. The number of carbonyl (C=O) groups is 9. The lowest BCUT2D eigenvalue weighted by atomic mass is 9.96. The standard InChI is InChI=1S/C49H61N13O10S/c50-45-43-46(55-28-54-45)61(29-56-43)26-40(66)60(25-39(65)53-24-41(67)68)22-20-52-47(70)35-11-6-7-21-62(35)48(71)33(23-30-15-17-32(18-16-30)44(69)31-9-2-1-3-10-31)57-38(64)14-8-19-51-37(63)13-5-4-12-36-42-34(27-73-36)58-49(72)59-42/h1-3,9-10,15-18,28-29,33-36,42H,4-8,11-14,19-27H2,(H,51,63)(H,52,70)(H,53,65)(H,57,64)(H,67,68)(H2,50,54,55)(H2,58,59,72)/t33-,34-,35+,36-,42-/m0/s1. The van der Waals surface area contributed by atoms with Gasteiger partial charge in [0.05, 0.1) is 25.0 Å². The number of carboxylic acids is 1. The number of anilines is 1. The Balaban J connectivity index is 0.956. The number of rotatable bonds is 25. The molecule has 9 N–H and O–H groups in total. The van der Waals surface area contributed by atoms with Crippen LogP contribution >= 0.6 is 11.8 Å². The summed E-state index contributed by atoms with van der Waals surface area (Å²) >= 11 is 1.83. The third-order valence-electron chi connectivity index (χ3n) is 12.9. The Morgan fingerprint density at radius 2 is 1.62 bits per heavy atom. The maximum Gasteiger partial charge on any atom is 0.322 e. The number of fused-ring (bicyclic) bond motifs is 2. The number of benzene rings is 2. The van der Waals surface area contributed by atoms with Gasteiger partial charge in [-0.25, -0.2) is 19.7 Å². The topological polar surface area (TPSA) is 322 Å². The fourth-order valence-corrected chi connectivity index (χ4v) is 10.7. The zero-order valence-corrected chi connectivity index (χ0v) is 41.1. The third kappa shape index (κ3) is 14.7. The lowest BCUT2D eigenvalue weighted by Crippen LogP contribution is -2.58. The molecule has 23 nitrogen and oxygen atoms in total. The van der Waals surface area contributed by atoms with Crippen molar-refractivity contribution >= 4 is 82.0 Å². The number of hydrogen-bond acceptors (Lipinski definition) is 14. The van der Waals surface area contributed by atoms with Gasteiger partial charge in [0, 0.05) is 67.6 Å². The normalized spacial score (nSPS) is 18.4. The second-order valence-electron chi connectivity index (χ2n) is 18.2. The number of nitrogens with one attached hydrogen (secondary N) is 6. The molecule has 24 heteroatoms. The van der Waals surface area contributed by atoms with E-state index in [1.54, 1.807) is 48.5 Å². The molecule has 3 aliphatic rings. The predicted octanol–water partition coefficient (Wildman–Crippen LogP) is 0.516. The van der Waals surface area contributed by atoms with Crippen molar-refractivity contribution in [2.24, 2.45) is 0 Å². The van der Waals surface area contributed by atoms with Gasteiger partial charge in [0.15, 0.2) is 17.2 Å². The summed E-state index contributed by atoms with van der Waals surface area (Å²) in [6.07, 6.45) is 7.19. The number of nitrogens with zero attached hydrogens (tertiary/aromatic N) is 6. The van der Waals surface area contributed by atoms with Gasteiger partial charge in [0.2, 0.25) is 35.4 Å². The Kier molecular flexibility index (Phi) is 18.7. The van der Waals surface area contributed by atoms with E-state index in [-0.39, 0.29) is 92.4 Å². The minimum absolute atomic E-state index is 0.00208. The molecule has 5 atom stereocenters. The molecule has 3 aliphatic heterocycles. The van der Waals surface area contributed by atoms with Crippen LogP contribution in [0.2, 0.25) is 0 Å². The van der Waals surface area contributed by atoms with E-state index in [1.807, 2.05) is 17.8 Å². The number of hydrogen-bond donors (Lipinski definition) is 8. The Bertz CT molecular complexity index is 2650. The molecule has 8 amide bonds. The van der Waals surface area contributed by atoms with Crippen LogP contribution in [0.3, 0.4) is 0 Å². The first kappa shape index (κ1) is 53.2. The summed E-state index contributed by atoms with van der Waals surface area (Å²) in [5.41, 5.74) is 8.06. The number of amides is 8. The molecular weight excluding hydrogens is 963 g/mol. The summed E-state index contributed by atoms with van der Waals surface area (Å²) in [4.78, 5) is 132. The van der Waals surface area contributed by atoms with E-state index in [4.69, 9.17) is 10.8 Å². The number of likely N-dealkylation sites (tertiary alicyclic amines) is 1. The van der Waals surface area contributed by atoms with Crippen molar-refractivity contribution in [3.63, 3.8) is 0 Å². The monoisotopic (exact) mass is 1020 g/mol. The second kappa shape index (κ2) is 25.7. The molecule has 0 saturated carbocycles. The quantitative estimate of drug-likeness (QED) is 0.0255. The van der Waals surface area contributed by atoms with Gasteiger partial charge in [0.25, 0.3) is 0 Å². The molecule has 4 aromatic rings. The van der Waals surface area contributed by atoms with Crippen molar-refractivity contribution in [2.75, 3.05) is 50.8 Å². The highest BCUT2D eigenvalue weighted by Gasteiger charge is 2.42. The molecular formula is C49H61N13O10S.